The van der Waals surface area contributed by atoms with Crippen LogP contribution in [0.4, 0.5) is 5.69 Å². The number of Topliss-reactive ketones (excluding diaryl/α,β-unsaturated/α-hetero) is 1. The van der Waals surface area contributed by atoms with Gasteiger partial charge in [-0.25, -0.2) is 15.0 Å². The number of ketones is 1. The number of fused-ring (bicyclic) bond motifs is 5. The zero-order valence-corrected chi connectivity index (χ0v) is 20.0. The third-order valence-electron chi connectivity index (χ3n) is 5.87. The predicted molar refractivity (Wildman–Crippen MR) is 131 cm³/mol. The fourth-order valence-electron chi connectivity index (χ4n) is 4.40. The summed E-state index contributed by atoms with van der Waals surface area (Å²) < 4.78 is 0.970. The highest BCUT2D eigenvalue weighted by atomic mass is 32.2. The summed E-state index contributed by atoms with van der Waals surface area (Å²) in [5.41, 5.74) is 5.35. The minimum absolute atomic E-state index is 0.0288. The molecule has 0 fully saturated rings. The fourth-order valence-corrected chi connectivity index (χ4v) is 6.55. The summed E-state index contributed by atoms with van der Waals surface area (Å²) in [6.45, 7) is 4.45. The molecular formula is C24H22N4O3S2. The number of hydrogen-bond donors (Lipinski definition) is 0. The third kappa shape index (κ3) is 4.11. The molecule has 33 heavy (non-hydrogen) atoms. The van der Waals surface area contributed by atoms with Crippen molar-refractivity contribution in [1.82, 2.24) is 15.0 Å². The smallest absolute Gasteiger partial charge is 0.269 e. The highest BCUT2D eigenvalue weighted by molar-refractivity contribution is 8.00. The number of carbonyl (C=O) groups excluding carboxylic acids is 1. The van der Waals surface area contributed by atoms with Crippen molar-refractivity contribution in [3.63, 3.8) is 0 Å². The number of nitro groups is 1. The number of carbonyl (C=O) groups is 1. The molecule has 1 aromatic carbocycles. The van der Waals surface area contributed by atoms with E-state index < -0.39 is 4.92 Å². The van der Waals surface area contributed by atoms with E-state index in [9.17, 15) is 14.9 Å². The first-order valence-corrected chi connectivity index (χ1v) is 12.7. The molecule has 3 aromatic heterocycles. The summed E-state index contributed by atoms with van der Waals surface area (Å²) in [6, 6.07) is 5.71. The molecule has 0 atom stereocenters. The quantitative estimate of drug-likeness (QED) is 0.109. The second kappa shape index (κ2) is 8.79. The SMILES string of the molecule is CC(C)Cc1nc2sc3c(SCC(=O)c4ccc([N+](=O)[O-])cc4)ncnc3c2c2c1CCC2. The standard InChI is InChI=1S/C24H22N4O3S2/c1-13(2)10-18-16-4-3-5-17(16)20-21-22(33-23(20)27-18)24(26-12-25-21)32-11-19(29)14-6-8-15(9-7-14)28(30)31/h6-9,12-13H,3-5,10-11H2,1-2H3. The van der Waals surface area contributed by atoms with Crippen molar-refractivity contribution in [2.45, 2.75) is 44.6 Å². The Bertz CT molecular complexity index is 1400. The van der Waals surface area contributed by atoms with Crippen LogP contribution in [-0.4, -0.2) is 31.4 Å². The van der Waals surface area contributed by atoms with Gasteiger partial charge >= 0.3 is 0 Å². The molecule has 0 aliphatic heterocycles. The number of aromatic nitrogens is 3. The summed E-state index contributed by atoms with van der Waals surface area (Å²) >= 11 is 2.98. The van der Waals surface area contributed by atoms with E-state index >= 15 is 0 Å². The molecule has 3 heterocycles. The Morgan fingerprint density at radius 3 is 2.67 bits per heavy atom. The van der Waals surface area contributed by atoms with Gasteiger partial charge in [-0.1, -0.05) is 25.6 Å². The summed E-state index contributed by atoms with van der Waals surface area (Å²) in [7, 11) is 0. The molecule has 0 amide bonds. The van der Waals surface area contributed by atoms with E-state index in [0.717, 1.165) is 51.1 Å². The van der Waals surface area contributed by atoms with Crippen LogP contribution in [0.3, 0.4) is 0 Å². The average Bonchev–Trinajstić information content (AvgIpc) is 3.42. The van der Waals surface area contributed by atoms with Crippen LogP contribution in [0, 0.1) is 16.0 Å². The van der Waals surface area contributed by atoms with Crippen LogP contribution >= 0.6 is 23.1 Å². The Hall–Kier alpha value is -2.91. The number of benzene rings is 1. The van der Waals surface area contributed by atoms with E-state index in [1.54, 1.807) is 17.7 Å². The molecule has 1 aliphatic carbocycles. The van der Waals surface area contributed by atoms with Crippen LogP contribution in [0.5, 0.6) is 0 Å². The summed E-state index contributed by atoms with van der Waals surface area (Å²) in [5.74, 6) is 0.647. The van der Waals surface area contributed by atoms with Crippen molar-refractivity contribution >= 4 is 55.0 Å². The number of thiophene rings is 1. The number of hydrogen-bond acceptors (Lipinski definition) is 8. The van der Waals surface area contributed by atoms with Crippen LogP contribution in [0.15, 0.2) is 35.6 Å². The molecular weight excluding hydrogens is 456 g/mol. The van der Waals surface area contributed by atoms with Gasteiger partial charge < -0.3 is 0 Å². The molecule has 0 spiro atoms. The molecule has 7 nitrogen and oxygen atoms in total. The molecule has 4 aromatic rings. The molecule has 168 valence electrons. The second-order valence-corrected chi connectivity index (χ2v) is 10.6. The molecule has 9 heteroatoms. The highest BCUT2D eigenvalue weighted by Crippen LogP contribution is 2.42. The van der Waals surface area contributed by atoms with Gasteiger partial charge in [-0.3, -0.25) is 14.9 Å². The average molecular weight is 479 g/mol. The molecule has 1 aliphatic rings. The van der Waals surface area contributed by atoms with Gasteiger partial charge in [0.25, 0.3) is 5.69 Å². The van der Waals surface area contributed by atoms with Crippen molar-refractivity contribution in [2.75, 3.05) is 5.75 Å². The normalized spacial score (nSPS) is 13.2. The van der Waals surface area contributed by atoms with Gasteiger partial charge in [0, 0.05) is 28.8 Å². The van der Waals surface area contributed by atoms with E-state index in [1.807, 2.05) is 0 Å². The first-order chi connectivity index (χ1) is 15.9. The Balaban J connectivity index is 1.47. The van der Waals surface area contributed by atoms with Gasteiger partial charge in [0.2, 0.25) is 0 Å². The molecule has 0 unspecified atom stereocenters. The highest BCUT2D eigenvalue weighted by Gasteiger charge is 2.24. The largest absolute Gasteiger partial charge is 0.293 e. The van der Waals surface area contributed by atoms with Crippen molar-refractivity contribution in [3.8, 4) is 0 Å². The van der Waals surface area contributed by atoms with E-state index in [2.05, 4.69) is 23.8 Å². The molecule has 0 saturated heterocycles. The number of nitrogens with zero attached hydrogens (tertiary/aromatic N) is 4. The third-order valence-corrected chi connectivity index (χ3v) is 8.06. The zero-order chi connectivity index (χ0) is 23.1. The number of nitro benzene ring substituents is 1. The Morgan fingerprint density at radius 2 is 1.94 bits per heavy atom. The van der Waals surface area contributed by atoms with Crippen LogP contribution < -0.4 is 0 Å². The van der Waals surface area contributed by atoms with Gasteiger partial charge in [-0.15, -0.1) is 11.3 Å². The number of rotatable bonds is 7. The van der Waals surface area contributed by atoms with Crippen LogP contribution in [-0.2, 0) is 19.3 Å². The summed E-state index contributed by atoms with van der Waals surface area (Å²) in [5, 5.41) is 12.8. The number of thioether (sulfide) groups is 1. The Labute approximate surface area is 198 Å². The Kier molecular flexibility index (Phi) is 5.84. The minimum atomic E-state index is -0.473. The molecule has 0 saturated carbocycles. The van der Waals surface area contributed by atoms with Gasteiger partial charge in [0.05, 0.1) is 20.9 Å². The minimum Gasteiger partial charge on any atom is -0.293 e. The maximum atomic E-state index is 12.7. The maximum Gasteiger partial charge on any atom is 0.269 e. The molecule has 0 N–H and O–H groups in total. The lowest BCUT2D eigenvalue weighted by atomic mass is 9.99. The van der Waals surface area contributed by atoms with Crippen molar-refractivity contribution < 1.29 is 9.72 Å². The van der Waals surface area contributed by atoms with E-state index in [4.69, 9.17) is 4.98 Å². The lowest BCUT2D eigenvalue weighted by molar-refractivity contribution is -0.384. The lowest BCUT2D eigenvalue weighted by Gasteiger charge is -2.11. The van der Waals surface area contributed by atoms with Crippen molar-refractivity contribution in [2.24, 2.45) is 5.92 Å². The van der Waals surface area contributed by atoms with Gasteiger partial charge in [0.1, 0.15) is 16.2 Å². The molecule has 0 radical (unpaired) electrons. The van der Waals surface area contributed by atoms with Gasteiger partial charge in [-0.05, 0) is 54.9 Å². The Morgan fingerprint density at radius 1 is 1.18 bits per heavy atom. The van der Waals surface area contributed by atoms with Crippen molar-refractivity contribution in [1.29, 1.82) is 0 Å². The molecule has 0 bridgehead atoms. The maximum absolute atomic E-state index is 12.7. The summed E-state index contributed by atoms with van der Waals surface area (Å²) in [6.07, 6.45) is 5.82. The zero-order valence-electron chi connectivity index (χ0n) is 18.3. The van der Waals surface area contributed by atoms with Crippen LogP contribution in [0.25, 0.3) is 20.4 Å². The van der Waals surface area contributed by atoms with Crippen LogP contribution in [0.1, 0.15) is 47.4 Å². The van der Waals surface area contributed by atoms with Crippen molar-refractivity contribution in [3.05, 3.63) is 63.1 Å². The number of aryl methyl sites for hydroxylation is 1. The number of non-ortho nitro benzene ring substituents is 1. The monoisotopic (exact) mass is 478 g/mol. The van der Waals surface area contributed by atoms with E-state index in [1.165, 1.54) is 52.8 Å². The second-order valence-electron chi connectivity index (χ2n) is 8.62. The first kappa shape index (κ1) is 21.9. The summed E-state index contributed by atoms with van der Waals surface area (Å²) in [4.78, 5) is 38.2. The van der Waals surface area contributed by atoms with Gasteiger partial charge in [-0.2, -0.15) is 0 Å². The predicted octanol–water partition coefficient (Wildman–Crippen LogP) is 5.81. The van der Waals surface area contributed by atoms with Crippen LogP contribution in [0.2, 0.25) is 0 Å². The van der Waals surface area contributed by atoms with E-state index in [-0.39, 0.29) is 17.2 Å². The molecule has 5 rings (SSSR count). The lowest BCUT2D eigenvalue weighted by Crippen LogP contribution is -2.03. The first-order valence-electron chi connectivity index (χ1n) is 10.9. The van der Waals surface area contributed by atoms with E-state index in [0.29, 0.717) is 11.5 Å². The van der Waals surface area contributed by atoms with Gasteiger partial charge in [0.15, 0.2) is 5.78 Å². The topological polar surface area (TPSA) is 98.9 Å². The fraction of sp³-hybridized carbons (Fsp3) is 0.333. The number of pyridine rings is 1.